The Kier molecular flexibility index (Phi) is 9.05. The molecule has 0 aliphatic carbocycles. The van der Waals surface area contributed by atoms with Gasteiger partial charge in [-0.3, -0.25) is 14.7 Å². The number of amides is 1. The van der Waals surface area contributed by atoms with Gasteiger partial charge in [0.05, 0.1) is 43.4 Å². The van der Waals surface area contributed by atoms with E-state index in [1.54, 1.807) is 41.6 Å². The van der Waals surface area contributed by atoms with Gasteiger partial charge in [0.15, 0.2) is 0 Å². The van der Waals surface area contributed by atoms with E-state index in [0.717, 1.165) is 16.7 Å². The molecule has 2 aromatic carbocycles. The number of carbonyl (C=O) groups is 2. The molecule has 36 heavy (non-hydrogen) atoms. The number of anilines is 1. The Morgan fingerprint density at radius 1 is 1.06 bits per heavy atom. The molecule has 1 unspecified atom stereocenters. The first kappa shape index (κ1) is 25.8. The number of pyridine rings is 1. The molecule has 0 saturated carbocycles. The third-order valence-electron chi connectivity index (χ3n) is 5.55. The van der Waals surface area contributed by atoms with Crippen LogP contribution < -0.4 is 4.90 Å². The van der Waals surface area contributed by atoms with Crippen LogP contribution in [0.4, 0.5) is 10.1 Å². The van der Waals surface area contributed by atoms with Crippen LogP contribution in [0.1, 0.15) is 32.4 Å². The van der Waals surface area contributed by atoms with E-state index in [1.165, 1.54) is 23.9 Å². The zero-order valence-electron chi connectivity index (χ0n) is 19.9. The van der Waals surface area contributed by atoms with Crippen LogP contribution in [0.25, 0.3) is 0 Å². The Morgan fingerprint density at radius 2 is 1.83 bits per heavy atom. The molecule has 4 rings (SSSR count). The standard InChI is InChI=1S/C27H27FN2O5S/c1-19-4-2-6-23(25(19)30-24(31)18-36-26(30)21-7-9-22(28)10-8-21)27(32)35-15-14-33-12-13-34-17-20-5-3-11-29-16-20/h2-11,16,26H,12-15,17-18H2,1H3. The van der Waals surface area contributed by atoms with E-state index in [0.29, 0.717) is 31.1 Å². The van der Waals surface area contributed by atoms with Gasteiger partial charge in [-0.05, 0) is 47.9 Å². The third kappa shape index (κ3) is 6.48. The molecule has 188 valence electrons. The number of thioether (sulfide) groups is 1. The zero-order chi connectivity index (χ0) is 25.3. The highest BCUT2D eigenvalue weighted by atomic mass is 32.2. The molecule has 0 N–H and O–H groups in total. The van der Waals surface area contributed by atoms with E-state index in [2.05, 4.69) is 4.98 Å². The predicted molar refractivity (Wildman–Crippen MR) is 135 cm³/mol. The first-order chi connectivity index (χ1) is 17.5. The minimum atomic E-state index is -0.535. The molecule has 0 bridgehead atoms. The third-order valence-corrected chi connectivity index (χ3v) is 6.76. The van der Waals surface area contributed by atoms with Crippen LogP contribution in [0.5, 0.6) is 0 Å². The minimum Gasteiger partial charge on any atom is -0.460 e. The summed E-state index contributed by atoms with van der Waals surface area (Å²) in [4.78, 5) is 31.5. The van der Waals surface area contributed by atoms with Gasteiger partial charge in [0.25, 0.3) is 0 Å². The van der Waals surface area contributed by atoms with Crippen molar-refractivity contribution in [1.29, 1.82) is 0 Å². The van der Waals surface area contributed by atoms with E-state index >= 15 is 0 Å². The topological polar surface area (TPSA) is 78.0 Å². The lowest BCUT2D eigenvalue weighted by Crippen LogP contribution is -2.30. The Balaban J connectivity index is 1.32. The summed E-state index contributed by atoms with van der Waals surface area (Å²) in [6, 6.07) is 15.1. The second-order valence-electron chi connectivity index (χ2n) is 8.11. The number of hydrogen-bond acceptors (Lipinski definition) is 7. The maximum absolute atomic E-state index is 13.4. The highest BCUT2D eigenvalue weighted by Crippen LogP contribution is 2.44. The fraction of sp³-hybridized carbons (Fsp3) is 0.296. The molecular formula is C27H27FN2O5S. The van der Waals surface area contributed by atoms with Crippen molar-refractivity contribution in [3.05, 3.63) is 95.1 Å². The van der Waals surface area contributed by atoms with Crippen LogP contribution in [0.2, 0.25) is 0 Å². The number of halogens is 1. The first-order valence-electron chi connectivity index (χ1n) is 11.5. The van der Waals surface area contributed by atoms with E-state index in [4.69, 9.17) is 14.2 Å². The van der Waals surface area contributed by atoms with Gasteiger partial charge in [-0.25, -0.2) is 9.18 Å². The highest BCUT2D eigenvalue weighted by Gasteiger charge is 2.37. The molecule has 1 aromatic heterocycles. The molecule has 1 aliphatic rings. The molecule has 9 heteroatoms. The minimum absolute atomic E-state index is 0.0684. The fourth-order valence-corrected chi connectivity index (χ4v) is 5.01. The molecule has 0 spiro atoms. The Bertz CT molecular complexity index is 1180. The van der Waals surface area contributed by atoms with Crippen molar-refractivity contribution in [2.45, 2.75) is 18.9 Å². The van der Waals surface area contributed by atoms with Gasteiger partial charge in [0, 0.05) is 12.4 Å². The first-order valence-corrected chi connectivity index (χ1v) is 12.6. The van der Waals surface area contributed by atoms with Crippen LogP contribution in [-0.2, 0) is 25.6 Å². The Morgan fingerprint density at radius 3 is 2.61 bits per heavy atom. The summed E-state index contributed by atoms with van der Waals surface area (Å²) in [6.07, 6.45) is 3.45. The number of esters is 1. The van der Waals surface area contributed by atoms with E-state index in [9.17, 15) is 14.0 Å². The Labute approximate surface area is 213 Å². The van der Waals surface area contributed by atoms with Crippen molar-refractivity contribution in [1.82, 2.24) is 4.98 Å². The smallest absolute Gasteiger partial charge is 0.340 e. The summed E-state index contributed by atoms with van der Waals surface area (Å²) in [6.45, 7) is 3.36. The molecule has 1 atom stereocenters. The molecule has 7 nitrogen and oxygen atoms in total. The van der Waals surface area contributed by atoms with Crippen molar-refractivity contribution in [3.8, 4) is 0 Å². The van der Waals surface area contributed by atoms with Gasteiger partial charge in [0.1, 0.15) is 17.8 Å². The molecule has 1 fully saturated rings. The van der Waals surface area contributed by atoms with Crippen molar-refractivity contribution < 1.29 is 28.2 Å². The maximum atomic E-state index is 13.4. The molecule has 1 saturated heterocycles. The second kappa shape index (κ2) is 12.6. The van der Waals surface area contributed by atoms with E-state index in [-0.39, 0.29) is 36.1 Å². The number of hydrogen-bond donors (Lipinski definition) is 0. The van der Waals surface area contributed by atoms with Gasteiger partial charge in [-0.1, -0.05) is 30.3 Å². The number of para-hydroxylation sites is 1. The zero-order valence-corrected chi connectivity index (χ0v) is 20.7. The fourth-order valence-electron chi connectivity index (χ4n) is 3.85. The molecule has 1 aliphatic heterocycles. The lowest BCUT2D eigenvalue weighted by atomic mass is 10.1. The van der Waals surface area contributed by atoms with Crippen LogP contribution in [0.3, 0.4) is 0 Å². The summed E-state index contributed by atoms with van der Waals surface area (Å²) in [7, 11) is 0. The average Bonchev–Trinajstić information content (AvgIpc) is 3.27. The number of rotatable bonds is 11. The van der Waals surface area contributed by atoms with Crippen molar-refractivity contribution in [2.75, 3.05) is 37.1 Å². The molecule has 2 heterocycles. The molecule has 3 aromatic rings. The van der Waals surface area contributed by atoms with Crippen LogP contribution >= 0.6 is 11.8 Å². The van der Waals surface area contributed by atoms with E-state index in [1.807, 2.05) is 25.1 Å². The van der Waals surface area contributed by atoms with Crippen LogP contribution in [-0.4, -0.2) is 49.0 Å². The summed E-state index contributed by atoms with van der Waals surface area (Å²) in [5.74, 6) is -0.733. The largest absolute Gasteiger partial charge is 0.460 e. The lowest BCUT2D eigenvalue weighted by molar-refractivity contribution is -0.115. The number of ether oxygens (including phenoxy) is 3. The number of carbonyl (C=O) groups excluding carboxylic acids is 2. The number of aryl methyl sites for hydroxylation is 1. The summed E-state index contributed by atoms with van der Waals surface area (Å²) in [5, 5.41) is -0.360. The lowest BCUT2D eigenvalue weighted by Gasteiger charge is -2.27. The molecule has 1 amide bonds. The maximum Gasteiger partial charge on any atom is 0.340 e. The Hall–Kier alpha value is -3.27. The van der Waals surface area contributed by atoms with Gasteiger partial charge >= 0.3 is 5.97 Å². The summed E-state index contributed by atoms with van der Waals surface area (Å²) < 4.78 is 29.9. The predicted octanol–water partition coefficient (Wildman–Crippen LogP) is 4.70. The van der Waals surface area contributed by atoms with Crippen molar-refractivity contribution in [2.24, 2.45) is 0 Å². The normalized spacial score (nSPS) is 15.3. The highest BCUT2D eigenvalue weighted by molar-refractivity contribution is 8.00. The monoisotopic (exact) mass is 510 g/mol. The number of benzene rings is 2. The van der Waals surface area contributed by atoms with Crippen LogP contribution in [0.15, 0.2) is 67.0 Å². The second-order valence-corrected chi connectivity index (χ2v) is 9.18. The summed E-state index contributed by atoms with van der Waals surface area (Å²) >= 11 is 1.44. The van der Waals surface area contributed by atoms with E-state index < -0.39 is 5.97 Å². The van der Waals surface area contributed by atoms with Crippen LogP contribution in [0, 0.1) is 12.7 Å². The SMILES string of the molecule is Cc1cccc(C(=O)OCCOCCOCc2cccnc2)c1N1C(=O)CSC1c1ccc(F)cc1. The van der Waals surface area contributed by atoms with Gasteiger partial charge in [-0.2, -0.15) is 0 Å². The summed E-state index contributed by atoms with van der Waals surface area (Å²) in [5.41, 5.74) is 3.36. The van der Waals surface area contributed by atoms with Gasteiger partial charge in [0.2, 0.25) is 5.91 Å². The van der Waals surface area contributed by atoms with Crippen molar-refractivity contribution in [3.63, 3.8) is 0 Å². The number of nitrogens with zero attached hydrogens (tertiary/aromatic N) is 2. The quantitative estimate of drug-likeness (QED) is 0.273. The molecular weight excluding hydrogens is 483 g/mol. The van der Waals surface area contributed by atoms with Gasteiger partial charge < -0.3 is 14.2 Å². The van der Waals surface area contributed by atoms with Crippen molar-refractivity contribution >= 4 is 29.3 Å². The van der Waals surface area contributed by atoms with Gasteiger partial charge in [-0.15, -0.1) is 11.8 Å². The average molecular weight is 511 g/mol. The molecule has 0 radical (unpaired) electrons. The number of aromatic nitrogens is 1.